The maximum absolute atomic E-state index is 10.9. The van der Waals surface area contributed by atoms with Crippen LogP contribution in [0, 0.1) is 0 Å². The van der Waals surface area contributed by atoms with E-state index in [-0.39, 0.29) is 6.61 Å². The molecular weight excluding hydrogens is 196 g/mol. The van der Waals surface area contributed by atoms with E-state index in [0.717, 1.165) is 0 Å². The molecule has 4 heteroatoms. The zero-order valence-electron chi connectivity index (χ0n) is 8.73. The molecule has 0 radical (unpaired) electrons. The van der Waals surface area contributed by atoms with Crippen molar-refractivity contribution >= 4 is 17.2 Å². The molecule has 2 rings (SSSR count). The van der Waals surface area contributed by atoms with E-state index in [1.807, 2.05) is 0 Å². The van der Waals surface area contributed by atoms with E-state index in [9.17, 15) is 9.59 Å². The summed E-state index contributed by atoms with van der Waals surface area (Å²) in [6.45, 7) is -0.289. The molecule has 0 aliphatic heterocycles. The Kier molecular flexibility index (Phi) is 2.17. The number of hydrogen-bond acceptors (Lipinski definition) is 4. The third kappa shape index (κ3) is 2.04. The molecule has 0 bridgehead atoms. The molecule has 1 aromatic heterocycles. The van der Waals surface area contributed by atoms with Crippen molar-refractivity contribution in [3.05, 3.63) is 40.8 Å². The third-order valence-electron chi connectivity index (χ3n) is 1.89. The van der Waals surface area contributed by atoms with Gasteiger partial charge in [-0.3, -0.25) is 4.79 Å². The van der Waals surface area contributed by atoms with Crippen LogP contribution >= 0.6 is 0 Å². The standard InChI is InChI=1S/C11H8O4/c12-5-6-14-9-2-3-10-8(7-9)1-4-11(13)15-10/h1-5,7H,6H2/i5D. The van der Waals surface area contributed by atoms with E-state index in [1.165, 1.54) is 6.07 Å². The molecule has 0 saturated carbocycles. The lowest BCUT2D eigenvalue weighted by Gasteiger charge is -2.02. The molecule has 0 aliphatic carbocycles. The Labute approximate surface area is 86.5 Å². The quantitative estimate of drug-likeness (QED) is 0.561. The first kappa shape index (κ1) is 8.23. The molecule has 0 fully saturated rings. The van der Waals surface area contributed by atoms with Gasteiger partial charge in [0, 0.05) is 11.5 Å². The topological polar surface area (TPSA) is 56.5 Å². The minimum absolute atomic E-state index is 0.289. The molecule has 76 valence electrons. The van der Waals surface area contributed by atoms with Crippen molar-refractivity contribution in [2.45, 2.75) is 0 Å². The molecule has 0 spiro atoms. The van der Waals surface area contributed by atoms with Gasteiger partial charge in [-0.25, -0.2) is 4.79 Å². The molecule has 0 unspecified atom stereocenters. The molecule has 0 atom stereocenters. The first-order chi connectivity index (χ1) is 7.65. The number of fused-ring (bicyclic) bond motifs is 1. The van der Waals surface area contributed by atoms with Crippen molar-refractivity contribution < 1.29 is 15.3 Å². The average Bonchev–Trinajstić information content (AvgIpc) is 2.26. The summed E-state index contributed by atoms with van der Waals surface area (Å²) in [5, 5.41) is 0.703. The highest BCUT2D eigenvalue weighted by Crippen LogP contribution is 2.19. The molecule has 15 heavy (non-hydrogen) atoms. The second-order valence-electron chi connectivity index (χ2n) is 2.89. The fourth-order valence-corrected chi connectivity index (χ4v) is 1.25. The van der Waals surface area contributed by atoms with Crippen molar-refractivity contribution in [1.82, 2.24) is 0 Å². The fourth-order valence-electron chi connectivity index (χ4n) is 1.25. The van der Waals surface area contributed by atoms with E-state index in [2.05, 4.69) is 0 Å². The predicted octanol–water partition coefficient (Wildman–Crippen LogP) is 1.37. The SMILES string of the molecule is [2H]C(=O)COc1ccc2oc(=O)ccc2c1. The summed E-state index contributed by atoms with van der Waals surface area (Å²) in [6, 6.07) is 7.72. The van der Waals surface area contributed by atoms with Gasteiger partial charge in [-0.2, -0.15) is 0 Å². The summed E-state index contributed by atoms with van der Waals surface area (Å²) in [5.41, 5.74) is 0.0413. The van der Waals surface area contributed by atoms with Crippen LogP contribution in [0.25, 0.3) is 11.0 Å². The fraction of sp³-hybridized carbons (Fsp3) is 0.0909. The van der Waals surface area contributed by atoms with Crippen LogP contribution in [0.4, 0.5) is 0 Å². The van der Waals surface area contributed by atoms with Crippen LogP contribution < -0.4 is 10.4 Å². The number of benzene rings is 1. The summed E-state index contributed by atoms with van der Waals surface area (Å²) in [6.07, 6.45) is -0.792. The molecular formula is C11H8O4. The summed E-state index contributed by atoms with van der Waals surface area (Å²) in [7, 11) is 0. The van der Waals surface area contributed by atoms with E-state index in [0.29, 0.717) is 16.7 Å². The lowest BCUT2D eigenvalue weighted by atomic mass is 10.2. The summed E-state index contributed by atoms with van der Waals surface area (Å²) < 4.78 is 16.7. The van der Waals surface area contributed by atoms with Crippen molar-refractivity contribution in [1.29, 1.82) is 0 Å². The Bertz CT molecular complexity index is 588. The Morgan fingerprint density at radius 3 is 3.07 bits per heavy atom. The van der Waals surface area contributed by atoms with Crippen LogP contribution in [-0.2, 0) is 4.79 Å². The van der Waals surface area contributed by atoms with Gasteiger partial charge in [0.2, 0.25) is 0 Å². The molecule has 1 aromatic carbocycles. The van der Waals surface area contributed by atoms with E-state index in [4.69, 9.17) is 10.5 Å². The van der Waals surface area contributed by atoms with E-state index >= 15 is 0 Å². The van der Waals surface area contributed by atoms with Gasteiger partial charge in [0.05, 0.1) is 0 Å². The van der Waals surface area contributed by atoms with Gasteiger partial charge in [0.1, 0.15) is 19.3 Å². The minimum Gasteiger partial charge on any atom is -0.486 e. The van der Waals surface area contributed by atoms with Gasteiger partial charge in [0.25, 0.3) is 0 Å². The normalized spacial score (nSPS) is 11.1. The summed E-state index contributed by atoms with van der Waals surface area (Å²) >= 11 is 0. The number of hydrogen-bond donors (Lipinski definition) is 0. The number of rotatable bonds is 3. The maximum atomic E-state index is 10.9. The first-order valence-corrected chi connectivity index (χ1v) is 4.31. The van der Waals surface area contributed by atoms with Gasteiger partial charge >= 0.3 is 5.63 Å². The summed E-state index contributed by atoms with van der Waals surface area (Å²) in [5.74, 6) is 0.460. The molecule has 1 heterocycles. The molecule has 4 nitrogen and oxygen atoms in total. The second-order valence-corrected chi connectivity index (χ2v) is 2.89. The third-order valence-corrected chi connectivity index (χ3v) is 1.89. The summed E-state index contributed by atoms with van der Waals surface area (Å²) in [4.78, 5) is 21.3. The van der Waals surface area contributed by atoms with Gasteiger partial charge in [-0.05, 0) is 24.3 Å². The lowest BCUT2D eigenvalue weighted by molar-refractivity contribution is -0.109. The monoisotopic (exact) mass is 205 g/mol. The molecule has 0 aliphatic rings. The molecule has 0 N–H and O–H groups in total. The highest BCUT2D eigenvalue weighted by atomic mass is 16.5. The molecule has 2 aromatic rings. The largest absolute Gasteiger partial charge is 0.486 e. The van der Waals surface area contributed by atoms with E-state index in [1.54, 1.807) is 24.3 Å². The van der Waals surface area contributed by atoms with Gasteiger partial charge in [-0.15, -0.1) is 0 Å². The zero-order valence-corrected chi connectivity index (χ0v) is 7.73. The highest BCUT2D eigenvalue weighted by molar-refractivity contribution is 5.77. The van der Waals surface area contributed by atoms with Gasteiger partial charge in [0.15, 0.2) is 6.26 Å². The van der Waals surface area contributed by atoms with Crippen LogP contribution in [0.5, 0.6) is 5.75 Å². The van der Waals surface area contributed by atoms with Crippen LogP contribution in [0.15, 0.2) is 39.5 Å². The number of ether oxygens (including phenoxy) is 1. The number of aldehydes is 1. The van der Waals surface area contributed by atoms with Crippen LogP contribution in [0.2, 0.25) is 0 Å². The van der Waals surface area contributed by atoms with Crippen molar-refractivity contribution in [3.8, 4) is 5.75 Å². The Balaban J connectivity index is 2.33. The number of carbonyl (C=O) groups is 1. The smallest absolute Gasteiger partial charge is 0.336 e. The first-order valence-electron chi connectivity index (χ1n) is 4.81. The van der Waals surface area contributed by atoms with Crippen LogP contribution in [-0.4, -0.2) is 12.9 Å². The van der Waals surface area contributed by atoms with E-state index < -0.39 is 11.9 Å². The number of carbonyl (C=O) groups excluding carboxylic acids is 1. The van der Waals surface area contributed by atoms with Crippen molar-refractivity contribution in [2.75, 3.05) is 6.61 Å². The Hall–Kier alpha value is -2.10. The lowest BCUT2D eigenvalue weighted by Crippen LogP contribution is -1.98. The van der Waals surface area contributed by atoms with Crippen LogP contribution in [0.1, 0.15) is 1.37 Å². The molecule has 0 saturated heterocycles. The van der Waals surface area contributed by atoms with Gasteiger partial charge < -0.3 is 9.15 Å². The average molecular weight is 205 g/mol. The predicted molar refractivity (Wildman–Crippen MR) is 54.0 cm³/mol. The Morgan fingerprint density at radius 2 is 2.27 bits per heavy atom. The highest BCUT2D eigenvalue weighted by Gasteiger charge is 1.99. The zero-order chi connectivity index (χ0) is 11.5. The minimum atomic E-state index is -0.792. The van der Waals surface area contributed by atoms with Gasteiger partial charge in [-0.1, -0.05) is 0 Å². The second kappa shape index (κ2) is 3.96. The van der Waals surface area contributed by atoms with Crippen molar-refractivity contribution in [3.63, 3.8) is 0 Å². The Morgan fingerprint density at radius 1 is 1.40 bits per heavy atom. The van der Waals surface area contributed by atoms with Crippen LogP contribution in [0.3, 0.4) is 0 Å². The van der Waals surface area contributed by atoms with Crippen molar-refractivity contribution in [2.24, 2.45) is 0 Å². The maximum Gasteiger partial charge on any atom is 0.336 e. The molecule has 0 amide bonds.